The molecule has 2 aromatic rings. The van der Waals surface area contributed by atoms with Crippen molar-refractivity contribution in [3.8, 4) is 5.75 Å². The molecule has 5 nitrogen and oxygen atoms in total. The maximum atomic E-state index is 13.1. The van der Waals surface area contributed by atoms with E-state index in [2.05, 4.69) is 4.72 Å². The standard InChI is InChI=1S/C14H15FN2O3S/c1-9-4-3-5-11(16)14(9)21(18,19)17-12-7-6-10(15)8-13(12)20-2/h3-8,17H,16H2,1-2H3. The van der Waals surface area contributed by atoms with Crippen molar-refractivity contribution in [1.82, 2.24) is 0 Å². The minimum Gasteiger partial charge on any atom is -0.494 e. The quantitative estimate of drug-likeness (QED) is 0.850. The highest BCUT2D eigenvalue weighted by molar-refractivity contribution is 7.93. The highest BCUT2D eigenvalue weighted by atomic mass is 32.2. The summed E-state index contributed by atoms with van der Waals surface area (Å²) in [5, 5.41) is 0. The molecular formula is C14H15FN2O3S. The van der Waals surface area contributed by atoms with Crippen LogP contribution in [0.3, 0.4) is 0 Å². The Balaban J connectivity index is 2.48. The molecule has 0 atom stereocenters. The van der Waals surface area contributed by atoms with Gasteiger partial charge in [-0.25, -0.2) is 12.8 Å². The highest BCUT2D eigenvalue weighted by Crippen LogP contribution is 2.30. The summed E-state index contributed by atoms with van der Waals surface area (Å²) in [7, 11) is -2.57. The van der Waals surface area contributed by atoms with E-state index in [1.54, 1.807) is 19.1 Å². The van der Waals surface area contributed by atoms with Crippen LogP contribution in [0, 0.1) is 12.7 Å². The first kappa shape index (κ1) is 15.1. The summed E-state index contributed by atoms with van der Waals surface area (Å²) in [6, 6.07) is 8.35. The molecule has 2 aromatic carbocycles. The summed E-state index contributed by atoms with van der Waals surface area (Å²) < 4.78 is 45.4. The molecule has 2 rings (SSSR count). The molecule has 0 saturated heterocycles. The third-order valence-electron chi connectivity index (χ3n) is 2.92. The first-order chi connectivity index (χ1) is 9.85. The lowest BCUT2D eigenvalue weighted by Crippen LogP contribution is -2.16. The van der Waals surface area contributed by atoms with Crippen LogP contribution >= 0.6 is 0 Å². The zero-order chi connectivity index (χ0) is 15.6. The van der Waals surface area contributed by atoms with Crippen molar-refractivity contribution in [2.75, 3.05) is 17.6 Å². The predicted molar refractivity (Wildman–Crippen MR) is 79.4 cm³/mol. The van der Waals surface area contributed by atoms with Crippen LogP contribution in [0.1, 0.15) is 5.56 Å². The SMILES string of the molecule is COc1cc(F)ccc1NS(=O)(=O)c1c(C)cccc1N. The number of ether oxygens (including phenoxy) is 1. The van der Waals surface area contributed by atoms with E-state index in [-0.39, 0.29) is 22.0 Å². The molecule has 7 heteroatoms. The first-order valence-corrected chi connectivity index (χ1v) is 7.55. The van der Waals surface area contributed by atoms with Gasteiger partial charge in [-0.2, -0.15) is 0 Å². The lowest BCUT2D eigenvalue weighted by molar-refractivity contribution is 0.413. The van der Waals surface area contributed by atoms with E-state index in [0.717, 1.165) is 12.1 Å². The van der Waals surface area contributed by atoms with E-state index in [9.17, 15) is 12.8 Å². The number of anilines is 2. The largest absolute Gasteiger partial charge is 0.494 e. The van der Waals surface area contributed by atoms with Crippen molar-refractivity contribution >= 4 is 21.4 Å². The number of benzene rings is 2. The molecule has 0 radical (unpaired) electrons. The molecule has 0 spiro atoms. The van der Waals surface area contributed by atoms with E-state index in [1.165, 1.54) is 19.2 Å². The van der Waals surface area contributed by atoms with E-state index < -0.39 is 15.8 Å². The van der Waals surface area contributed by atoms with Gasteiger partial charge in [0, 0.05) is 6.07 Å². The second-order valence-electron chi connectivity index (χ2n) is 4.44. The summed E-state index contributed by atoms with van der Waals surface area (Å²) in [6.45, 7) is 1.65. The summed E-state index contributed by atoms with van der Waals surface area (Å²) >= 11 is 0. The van der Waals surface area contributed by atoms with Gasteiger partial charge in [-0.3, -0.25) is 4.72 Å². The number of aryl methyl sites for hydroxylation is 1. The van der Waals surface area contributed by atoms with Crippen LogP contribution < -0.4 is 15.2 Å². The van der Waals surface area contributed by atoms with Crippen molar-refractivity contribution in [2.45, 2.75) is 11.8 Å². The minimum atomic E-state index is -3.90. The molecule has 112 valence electrons. The molecule has 0 heterocycles. The van der Waals surface area contributed by atoms with Crippen molar-refractivity contribution in [3.05, 3.63) is 47.8 Å². The molecule has 0 aliphatic carbocycles. The number of halogens is 1. The van der Waals surface area contributed by atoms with Gasteiger partial charge in [0.25, 0.3) is 10.0 Å². The van der Waals surface area contributed by atoms with Gasteiger partial charge in [0.15, 0.2) is 0 Å². The van der Waals surface area contributed by atoms with E-state index >= 15 is 0 Å². The maximum Gasteiger partial charge on any atom is 0.264 e. The Hall–Kier alpha value is -2.28. The van der Waals surface area contributed by atoms with Crippen molar-refractivity contribution in [2.24, 2.45) is 0 Å². The van der Waals surface area contributed by atoms with E-state index in [0.29, 0.717) is 5.56 Å². The zero-order valence-electron chi connectivity index (χ0n) is 11.6. The van der Waals surface area contributed by atoms with Crippen molar-refractivity contribution in [3.63, 3.8) is 0 Å². The highest BCUT2D eigenvalue weighted by Gasteiger charge is 2.21. The average molecular weight is 310 g/mol. The van der Waals surface area contributed by atoms with E-state index in [4.69, 9.17) is 10.5 Å². The number of hydrogen-bond donors (Lipinski definition) is 2. The van der Waals surface area contributed by atoms with Crippen LogP contribution in [0.4, 0.5) is 15.8 Å². The van der Waals surface area contributed by atoms with Crippen LogP contribution in [0.2, 0.25) is 0 Å². The second kappa shape index (κ2) is 5.61. The average Bonchev–Trinajstić information content (AvgIpc) is 2.40. The van der Waals surface area contributed by atoms with Crippen molar-refractivity contribution in [1.29, 1.82) is 0 Å². The smallest absolute Gasteiger partial charge is 0.264 e. The maximum absolute atomic E-state index is 13.1. The topological polar surface area (TPSA) is 81.4 Å². The van der Waals surface area contributed by atoms with Gasteiger partial charge < -0.3 is 10.5 Å². The molecule has 0 aromatic heterocycles. The number of methoxy groups -OCH3 is 1. The van der Waals surface area contributed by atoms with Crippen LogP contribution in [0.5, 0.6) is 5.75 Å². The number of hydrogen-bond acceptors (Lipinski definition) is 4. The van der Waals surface area contributed by atoms with Crippen molar-refractivity contribution < 1.29 is 17.5 Å². The van der Waals surface area contributed by atoms with Gasteiger partial charge in [0.05, 0.1) is 18.5 Å². The monoisotopic (exact) mass is 310 g/mol. The summed E-state index contributed by atoms with van der Waals surface area (Å²) in [5.41, 5.74) is 6.55. The molecule has 0 aliphatic rings. The number of nitrogens with two attached hydrogens (primary N) is 1. The normalized spacial score (nSPS) is 11.2. The van der Waals surface area contributed by atoms with Crippen LogP contribution in [-0.4, -0.2) is 15.5 Å². The Labute approximate surface area is 122 Å². The van der Waals surface area contributed by atoms with Gasteiger partial charge in [0.1, 0.15) is 16.5 Å². The minimum absolute atomic E-state index is 0.00335. The van der Waals surface area contributed by atoms with Crippen LogP contribution in [0.25, 0.3) is 0 Å². The third kappa shape index (κ3) is 3.08. The number of sulfonamides is 1. The third-order valence-corrected chi connectivity index (χ3v) is 4.50. The lowest BCUT2D eigenvalue weighted by atomic mass is 10.2. The second-order valence-corrected chi connectivity index (χ2v) is 6.06. The number of nitrogens with one attached hydrogen (secondary N) is 1. The lowest BCUT2D eigenvalue weighted by Gasteiger charge is -2.14. The van der Waals surface area contributed by atoms with Crippen LogP contribution in [0.15, 0.2) is 41.3 Å². The molecule has 0 aliphatic heterocycles. The van der Waals surface area contributed by atoms with Gasteiger partial charge >= 0.3 is 0 Å². The molecule has 21 heavy (non-hydrogen) atoms. The van der Waals surface area contributed by atoms with Gasteiger partial charge in [-0.05, 0) is 30.7 Å². The molecule has 3 N–H and O–H groups in total. The molecule has 0 unspecified atom stereocenters. The summed E-state index contributed by atoms with van der Waals surface area (Å²) in [6.07, 6.45) is 0. The molecule has 0 amide bonds. The summed E-state index contributed by atoms with van der Waals surface area (Å²) in [5.74, 6) is -0.434. The Morgan fingerprint density at radius 3 is 2.57 bits per heavy atom. The predicted octanol–water partition coefficient (Wildman–Crippen LogP) is 2.53. The van der Waals surface area contributed by atoms with E-state index in [1.807, 2.05) is 0 Å². The van der Waals surface area contributed by atoms with Gasteiger partial charge in [-0.15, -0.1) is 0 Å². The zero-order valence-corrected chi connectivity index (χ0v) is 12.4. The Bertz CT molecular complexity index is 756. The number of nitrogen functional groups attached to an aromatic ring is 1. The fraction of sp³-hybridized carbons (Fsp3) is 0.143. The molecule has 0 bridgehead atoms. The molecule has 0 fully saturated rings. The fourth-order valence-electron chi connectivity index (χ4n) is 1.99. The molecular weight excluding hydrogens is 295 g/mol. The molecule has 0 saturated carbocycles. The Morgan fingerprint density at radius 2 is 1.95 bits per heavy atom. The van der Waals surface area contributed by atoms with Gasteiger partial charge in [-0.1, -0.05) is 12.1 Å². The Morgan fingerprint density at radius 1 is 1.24 bits per heavy atom. The first-order valence-electron chi connectivity index (χ1n) is 6.06. The van der Waals surface area contributed by atoms with Crippen LogP contribution in [-0.2, 0) is 10.0 Å². The van der Waals surface area contributed by atoms with Gasteiger partial charge in [0.2, 0.25) is 0 Å². The Kier molecular flexibility index (Phi) is 4.04. The summed E-state index contributed by atoms with van der Waals surface area (Å²) in [4.78, 5) is -0.00335. The number of rotatable bonds is 4. The fourth-order valence-corrected chi connectivity index (χ4v) is 3.42.